The lowest BCUT2D eigenvalue weighted by molar-refractivity contribution is 0.134. The van der Waals surface area contributed by atoms with Crippen molar-refractivity contribution >= 4 is 13.9 Å². The molecule has 0 bridgehead atoms. The van der Waals surface area contributed by atoms with E-state index in [-0.39, 0.29) is 16.7 Å². The number of rotatable bonds is 8. The van der Waals surface area contributed by atoms with E-state index in [1.807, 2.05) is 6.92 Å². The van der Waals surface area contributed by atoms with Crippen LogP contribution in [0, 0.1) is 0 Å². The van der Waals surface area contributed by atoms with E-state index in [2.05, 4.69) is 102 Å². The molecule has 156 valence electrons. The second kappa shape index (κ2) is 8.56. The summed E-state index contributed by atoms with van der Waals surface area (Å²) in [7, 11) is 2.48. The number of likely N-dealkylation sites (N-methyl/N-ethyl adjacent to an activating group) is 1. The van der Waals surface area contributed by atoms with Crippen molar-refractivity contribution in [1.82, 2.24) is 4.90 Å². The first-order valence-electron chi connectivity index (χ1n) is 10.4. The van der Waals surface area contributed by atoms with Gasteiger partial charge in [0.15, 0.2) is 8.32 Å². The molecule has 2 atom stereocenters. The molecule has 0 aliphatic heterocycles. The Balaban J connectivity index is 2.40. The lowest BCUT2D eigenvalue weighted by Crippen LogP contribution is -2.49. The van der Waals surface area contributed by atoms with Crippen LogP contribution in [0.2, 0.25) is 18.1 Å². The summed E-state index contributed by atoms with van der Waals surface area (Å²) in [6.45, 7) is 16.5. The summed E-state index contributed by atoms with van der Waals surface area (Å²) >= 11 is 0. The molecule has 4 heteroatoms. The zero-order chi connectivity index (χ0) is 21.2. The van der Waals surface area contributed by atoms with Crippen molar-refractivity contribution in [3.05, 3.63) is 53.8 Å². The van der Waals surface area contributed by atoms with Crippen molar-refractivity contribution in [2.45, 2.75) is 70.8 Å². The summed E-state index contributed by atoms with van der Waals surface area (Å²) in [6, 6.07) is 10.6. The van der Waals surface area contributed by atoms with Crippen molar-refractivity contribution in [2.75, 3.05) is 20.7 Å². The highest BCUT2D eigenvalue weighted by atomic mass is 28.4. The average Bonchev–Trinajstić information content (AvgIpc) is 2.94. The Morgan fingerprint density at radius 1 is 1.11 bits per heavy atom. The molecule has 1 aliphatic rings. The first-order valence-corrected chi connectivity index (χ1v) is 13.3. The van der Waals surface area contributed by atoms with Crippen LogP contribution in [0.4, 0.5) is 0 Å². The zero-order valence-electron chi connectivity index (χ0n) is 19.3. The van der Waals surface area contributed by atoms with Crippen LogP contribution in [0.25, 0.3) is 5.57 Å². The lowest BCUT2D eigenvalue weighted by atomic mass is 9.82. The molecule has 0 amide bonds. The van der Waals surface area contributed by atoms with Crippen LogP contribution in [0.5, 0.6) is 0 Å². The van der Waals surface area contributed by atoms with E-state index in [9.17, 15) is 0 Å². The molecule has 1 aliphatic carbocycles. The van der Waals surface area contributed by atoms with Gasteiger partial charge in [-0.25, -0.2) is 0 Å². The maximum absolute atomic E-state index is 6.73. The molecule has 0 aromatic heterocycles. The maximum atomic E-state index is 6.73. The minimum atomic E-state index is -1.83. The second-order valence-electron chi connectivity index (χ2n) is 9.62. The summed E-state index contributed by atoms with van der Waals surface area (Å²) in [4.78, 5) is 2.31. The van der Waals surface area contributed by atoms with Gasteiger partial charge in [-0.15, -0.1) is 0 Å². The quantitative estimate of drug-likeness (QED) is 0.491. The number of allylic oxidation sites excluding steroid dienone is 1. The molecule has 1 aromatic rings. The van der Waals surface area contributed by atoms with Gasteiger partial charge in [-0.2, -0.15) is 0 Å². The molecule has 0 spiro atoms. The molecule has 0 saturated carbocycles. The third kappa shape index (κ3) is 4.78. The number of hydrogen-bond donors (Lipinski definition) is 0. The van der Waals surface area contributed by atoms with E-state index < -0.39 is 8.32 Å². The third-order valence-corrected chi connectivity index (χ3v) is 10.8. The monoisotopic (exact) mass is 401 g/mol. The van der Waals surface area contributed by atoms with E-state index in [0.717, 1.165) is 12.2 Å². The van der Waals surface area contributed by atoms with Crippen LogP contribution in [0.3, 0.4) is 0 Å². The molecule has 0 heterocycles. The Labute approximate surface area is 173 Å². The summed E-state index contributed by atoms with van der Waals surface area (Å²) in [5.41, 5.74) is 2.28. The summed E-state index contributed by atoms with van der Waals surface area (Å²) < 4.78 is 12.7. The van der Waals surface area contributed by atoms with Crippen LogP contribution in [0.1, 0.15) is 46.6 Å². The molecular formula is C24H39NO2Si. The number of benzene rings is 1. The predicted octanol–water partition coefficient (Wildman–Crippen LogP) is 6.10. The Hall–Kier alpha value is -1.36. The number of nitrogens with zero attached hydrogens (tertiary/aromatic N) is 1. The maximum Gasteiger partial charge on any atom is 0.192 e. The topological polar surface area (TPSA) is 21.7 Å². The van der Waals surface area contributed by atoms with E-state index in [4.69, 9.17) is 9.16 Å². The fraction of sp³-hybridized carbons (Fsp3) is 0.583. The molecule has 3 nitrogen and oxygen atoms in total. The van der Waals surface area contributed by atoms with Gasteiger partial charge in [-0.1, -0.05) is 51.1 Å². The minimum Gasteiger partial charge on any atom is -0.494 e. The van der Waals surface area contributed by atoms with Crippen LogP contribution in [0.15, 0.2) is 48.2 Å². The predicted molar refractivity (Wildman–Crippen MR) is 123 cm³/mol. The summed E-state index contributed by atoms with van der Waals surface area (Å²) in [5, 5.41) is 0.201. The van der Waals surface area contributed by atoms with Crippen molar-refractivity contribution in [3.8, 4) is 0 Å². The van der Waals surface area contributed by atoms with Crippen molar-refractivity contribution < 1.29 is 9.16 Å². The Morgan fingerprint density at radius 2 is 1.71 bits per heavy atom. The highest BCUT2D eigenvalue weighted by Gasteiger charge is 2.44. The Kier molecular flexibility index (Phi) is 7.01. The van der Waals surface area contributed by atoms with Gasteiger partial charge in [0, 0.05) is 6.10 Å². The Morgan fingerprint density at radius 3 is 2.21 bits per heavy atom. The van der Waals surface area contributed by atoms with E-state index in [1.54, 1.807) is 0 Å². The van der Waals surface area contributed by atoms with Gasteiger partial charge in [0.2, 0.25) is 0 Å². The number of hydrogen-bond acceptors (Lipinski definition) is 3. The molecule has 0 saturated heterocycles. The van der Waals surface area contributed by atoms with Crippen LogP contribution < -0.4 is 0 Å². The fourth-order valence-corrected chi connectivity index (χ4v) is 5.15. The normalized spacial score (nSPS) is 21.5. The average molecular weight is 402 g/mol. The summed E-state index contributed by atoms with van der Waals surface area (Å²) in [5.74, 6) is 0.953. The first kappa shape index (κ1) is 22.9. The first-order chi connectivity index (χ1) is 12.9. The Bertz CT molecular complexity index is 716. The standard InChI is InChI=1S/C24H39NO2Si/c1-10-26-21-16-22(20-14-12-11-13-15-20)24(18-21,25(6)7)17-19(2)27-28(8,9)23(3,4)5/h11-16,18-19H,10,17H2,1-9H3. The highest BCUT2D eigenvalue weighted by molar-refractivity contribution is 6.74. The fourth-order valence-electron chi connectivity index (χ4n) is 3.70. The van der Waals surface area contributed by atoms with Crippen LogP contribution in [-0.2, 0) is 9.16 Å². The molecule has 2 unspecified atom stereocenters. The molecule has 0 N–H and O–H groups in total. The van der Waals surface area contributed by atoms with E-state index in [1.165, 1.54) is 11.1 Å². The van der Waals surface area contributed by atoms with Crippen molar-refractivity contribution in [1.29, 1.82) is 0 Å². The van der Waals surface area contributed by atoms with Gasteiger partial charge in [0.1, 0.15) is 5.76 Å². The van der Waals surface area contributed by atoms with Crippen molar-refractivity contribution in [3.63, 3.8) is 0 Å². The van der Waals surface area contributed by atoms with E-state index in [0.29, 0.717) is 6.61 Å². The molecule has 0 fully saturated rings. The SMILES string of the molecule is CCOC1=CC(CC(C)O[Si](C)(C)C(C)(C)C)(N(C)C)C(c2ccccc2)=C1. The van der Waals surface area contributed by atoms with Gasteiger partial charge in [-0.05, 0) is 75.8 Å². The minimum absolute atomic E-state index is 0.146. The van der Waals surface area contributed by atoms with Gasteiger partial charge >= 0.3 is 0 Å². The third-order valence-electron chi connectivity index (χ3n) is 6.23. The van der Waals surface area contributed by atoms with Gasteiger partial charge in [-0.3, -0.25) is 4.90 Å². The van der Waals surface area contributed by atoms with E-state index >= 15 is 0 Å². The van der Waals surface area contributed by atoms with Crippen LogP contribution >= 0.6 is 0 Å². The van der Waals surface area contributed by atoms with Crippen molar-refractivity contribution in [2.24, 2.45) is 0 Å². The smallest absolute Gasteiger partial charge is 0.192 e. The van der Waals surface area contributed by atoms with Crippen LogP contribution in [-0.4, -0.2) is 45.6 Å². The molecule has 2 rings (SSSR count). The molecule has 1 aromatic carbocycles. The van der Waals surface area contributed by atoms with Gasteiger partial charge in [0.05, 0.1) is 12.1 Å². The highest BCUT2D eigenvalue weighted by Crippen LogP contribution is 2.44. The molecular weight excluding hydrogens is 362 g/mol. The molecule has 28 heavy (non-hydrogen) atoms. The largest absolute Gasteiger partial charge is 0.494 e. The van der Waals surface area contributed by atoms with Gasteiger partial charge < -0.3 is 9.16 Å². The number of ether oxygens (including phenoxy) is 1. The van der Waals surface area contributed by atoms with Gasteiger partial charge in [0.25, 0.3) is 0 Å². The summed E-state index contributed by atoms with van der Waals surface area (Å²) in [6.07, 6.45) is 5.53. The molecule has 0 radical (unpaired) electrons. The lowest BCUT2D eigenvalue weighted by Gasteiger charge is -2.43. The zero-order valence-corrected chi connectivity index (χ0v) is 20.3. The second-order valence-corrected chi connectivity index (χ2v) is 14.4.